The minimum atomic E-state index is -0.460. The Morgan fingerprint density at radius 3 is 2.62 bits per heavy atom. The van der Waals surface area contributed by atoms with Crippen LogP contribution in [0.5, 0.6) is 5.75 Å². The van der Waals surface area contributed by atoms with Gasteiger partial charge >= 0.3 is 0 Å². The number of amides is 1. The maximum Gasteiger partial charge on any atom is 0.293 e. The highest BCUT2D eigenvalue weighted by atomic mass is 16.6. The highest BCUT2D eigenvalue weighted by Gasteiger charge is 2.21. The summed E-state index contributed by atoms with van der Waals surface area (Å²) in [7, 11) is 1.55. The molecule has 172 valence electrons. The van der Waals surface area contributed by atoms with Gasteiger partial charge in [0.1, 0.15) is 11.4 Å². The molecule has 1 aliphatic heterocycles. The second-order valence-corrected chi connectivity index (χ2v) is 8.66. The van der Waals surface area contributed by atoms with Gasteiger partial charge in [-0.1, -0.05) is 19.9 Å². The van der Waals surface area contributed by atoms with E-state index in [9.17, 15) is 14.9 Å². The van der Waals surface area contributed by atoms with Crippen molar-refractivity contribution >= 4 is 23.0 Å². The number of ether oxygens (including phenoxy) is 1. The number of carbonyl (C=O) groups excluding carboxylic acids is 1. The second-order valence-electron chi connectivity index (χ2n) is 8.66. The molecule has 8 heteroatoms. The Morgan fingerprint density at radius 1 is 1.19 bits per heavy atom. The zero-order valence-electron chi connectivity index (χ0n) is 19.0. The fraction of sp³-hybridized carbons (Fsp3) is 0.458. The third kappa shape index (κ3) is 6.43. The number of hydrogen-bond acceptors (Lipinski definition) is 6. The van der Waals surface area contributed by atoms with Crippen LogP contribution in [-0.4, -0.2) is 49.0 Å². The van der Waals surface area contributed by atoms with Gasteiger partial charge < -0.3 is 20.3 Å². The fourth-order valence-corrected chi connectivity index (χ4v) is 4.38. The topological polar surface area (TPSA) is 96.7 Å². The number of piperidine rings is 1. The van der Waals surface area contributed by atoms with E-state index in [1.54, 1.807) is 43.5 Å². The molecule has 0 aliphatic carbocycles. The number of rotatable bonds is 9. The minimum Gasteiger partial charge on any atom is -0.497 e. The quantitative estimate of drug-likeness (QED) is 0.335. The first-order chi connectivity index (χ1) is 15.4. The second kappa shape index (κ2) is 10.9. The fourth-order valence-electron chi connectivity index (χ4n) is 4.38. The van der Waals surface area contributed by atoms with Crippen LogP contribution in [-0.2, 0) is 0 Å². The van der Waals surface area contributed by atoms with Crippen molar-refractivity contribution in [1.82, 2.24) is 4.90 Å². The van der Waals surface area contributed by atoms with E-state index in [2.05, 4.69) is 29.4 Å². The summed E-state index contributed by atoms with van der Waals surface area (Å²) in [6.07, 6.45) is 2.17. The van der Waals surface area contributed by atoms with Gasteiger partial charge in [0.15, 0.2) is 0 Å². The number of nitrogens with one attached hydrogen (secondary N) is 2. The Hall–Kier alpha value is -3.13. The van der Waals surface area contributed by atoms with Crippen molar-refractivity contribution in [1.29, 1.82) is 0 Å². The Balaban J connectivity index is 1.59. The summed E-state index contributed by atoms with van der Waals surface area (Å²) in [5, 5.41) is 17.5. The Labute approximate surface area is 189 Å². The predicted octanol–water partition coefficient (Wildman–Crippen LogP) is 4.64. The van der Waals surface area contributed by atoms with E-state index in [-0.39, 0.29) is 11.3 Å². The molecule has 0 saturated carbocycles. The zero-order valence-corrected chi connectivity index (χ0v) is 19.0. The molecule has 32 heavy (non-hydrogen) atoms. The molecule has 1 fully saturated rings. The number of anilines is 2. The largest absolute Gasteiger partial charge is 0.497 e. The number of nitro benzene ring substituents is 1. The number of likely N-dealkylation sites (tertiary alicyclic amines) is 1. The van der Waals surface area contributed by atoms with Crippen molar-refractivity contribution in [3.63, 3.8) is 0 Å². The van der Waals surface area contributed by atoms with Gasteiger partial charge in [0, 0.05) is 43.0 Å². The number of methoxy groups -OCH3 is 1. The Kier molecular flexibility index (Phi) is 8.05. The Bertz CT molecular complexity index is 939. The maximum atomic E-state index is 12.6. The van der Waals surface area contributed by atoms with Gasteiger partial charge in [-0.2, -0.15) is 0 Å². The molecule has 1 amide bonds. The smallest absolute Gasteiger partial charge is 0.293 e. The van der Waals surface area contributed by atoms with E-state index in [0.717, 1.165) is 26.1 Å². The van der Waals surface area contributed by atoms with Crippen LogP contribution >= 0.6 is 0 Å². The van der Waals surface area contributed by atoms with Crippen molar-refractivity contribution in [2.75, 3.05) is 43.9 Å². The molecule has 2 N–H and O–H groups in total. The number of hydrogen-bond donors (Lipinski definition) is 2. The van der Waals surface area contributed by atoms with Crippen LogP contribution in [0.1, 0.15) is 37.0 Å². The van der Waals surface area contributed by atoms with E-state index in [4.69, 9.17) is 4.74 Å². The van der Waals surface area contributed by atoms with Crippen LogP contribution in [0.3, 0.4) is 0 Å². The molecule has 2 atom stereocenters. The molecular formula is C24H32N4O4. The van der Waals surface area contributed by atoms with E-state index >= 15 is 0 Å². The van der Waals surface area contributed by atoms with E-state index in [1.165, 1.54) is 12.5 Å². The molecule has 1 saturated heterocycles. The summed E-state index contributed by atoms with van der Waals surface area (Å²) in [6, 6.07) is 11.5. The van der Waals surface area contributed by atoms with E-state index in [0.29, 0.717) is 35.5 Å². The molecule has 0 spiro atoms. The number of carbonyl (C=O) groups is 1. The normalized spacial score (nSPS) is 18.7. The molecule has 0 aromatic heterocycles. The lowest BCUT2D eigenvalue weighted by Crippen LogP contribution is -2.39. The molecule has 2 aromatic rings. The van der Waals surface area contributed by atoms with Crippen molar-refractivity contribution in [3.8, 4) is 5.75 Å². The highest BCUT2D eigenvalue weighted by molar-refractivity contribution is 6.05. The van der Waals surface area contributed by atoms with Crippen molar-refractivity contribution in [2.24, 2.45) is 11.8 Å². The molecule has 2 aromatic carbocycles. The van der Waals surface area contributed by atoms with Crippen LogP contribution < -0.4 is 15.4 Å². The number of nitrogens with zero attached hydrogens (tertiary/aromatic N) is 2. The summed E-state index contributed by atoms with van der Waals surface area (Å²) in [6.45, 7) is 8.40. The van der Waals surface area contributed by atoms with Crippen LogP contribution in [0.15, 0.2) is 42.5 Å². The summed E-state index contributed by atoms with van der Waals surface area (Å²) in [5.41, 5.74) is 1.10. The average Bonchev–Trinajstić information content (AvgIpc) is 2.76. The van der Waals surface area contributed by atoms with Crippen molar-refractivity contribution < 1.29 is 14.5 Å². The number of benzene rings is 2. The van der Waals surface area contributed by atoms with E-state index in [1.807, 2.05) is 0 Å². The van der Waals surface area contributed by atoms with Gasteiger partial charge in [0.2, 0.25) is 0 Å². The first kappa shape index (κ1) is 23.5. The lowest BCUT2D eigenvalue weighted by molar-refractivity contribution is -0.384. The van der Waals surface area contributed by atoms with Gasteiger partial charge in [-0.05, 0) is 55.5 Å². The van der Waals surface area contributed by atoms with Crippen molar-refractivity contribution in [2.45, 2.75) is 26.7 Å². The zero-order chi connectivity index (χ0) is 23.1. The Morgan fingerprint density at radius 2 is 1.94 bits per heavy atom. The maximum absolute atomic E-state index is 12.6. The molecule has 0 unspecified atom stereocenters. The lowest BCUT2D eigenvalue weighted by atomic mass is 9.92. The van der Waals surface area contributed by atoms with E-state index < -0.39 is 10.8 Å². The summed E-state index contributed by atoms with van der Waals surface area (Å²) in [5.74, 6) is 1.62. The highest BCUT2D eigenvalue weighted by Crippen LogP contribution is 2.27. The monoisotopic (exact) mass is 440 g/mol. The molecule has 1 heterocycles. The lowest BCUT2D eigenvalue weighted by Gasteiger charge is -2.34. The summed E-state index contributed by atoms with van der Waals surface area (Å²) < 4.78 is 5.15. The molecule has 8 nitrogen and oxygen atoms in total. The molecular weight excluding hydrogens is 408 g/mol. The first-order valence-electron chi connectivity index (χ1n) is 11.1. The van der Waals surface area contributed by atoms with Gasteiger partial charge in [-0.15, -0.1) is 0 Å². The SMILES string of the molecule is COc1cccc(NC(=O)c2ccc(NCCCN3C[C@H](C)C[C@@H](C)C3)c([N+](=O)[O-])c2)c1. The summed E-state index contributed by atoms with van der Waals surface area (Å²) >= 11 is 0. The van der Waals surface area contributed by atoms with Gasteiger partial charge in [-0.3, -0.25) is 14.9 Å². The average molecular weight is 441 g/mol. The third-order valence-electron chi connectivity index (χ3n) is 5.70. The standard InChI is InChI=1S/C24H32N4O4/c1-17-12-18(2)16-27(15-17)11-5-10-25-22-9-8-19(13-23(22)28(30)31)24(29)26-20-6-4-7-21(14-20)32-3/h4,6-9,13-14,17-18,25H,5,10-12,15-16H2,1-3H3,(H,26,29)/t17-,18-/m1/s1. The third-order valence-corrected chi connectivity index (χ3v) is 5.70. The first-order valence-corrected chi connectivity index (χ1v) is 11.1. The number of nitro groups is 1. The molecule has 0 radical (unpaired) electrons. The molecule has 3 rings (SSSR count). The molecule has 0 bridgehead atoms. The minimum absolute atomic E-state index is 0.108. The van der Waals surface area contributed by atoms with Gasteiger partial charge in [-0.25, -0.2) is 0 Å². The van der Waals surface area contributed by atoms with Crippen LogP contribution in [0, 0.1) is 22.0 Å². The summed E-state index contributed by atoms with van der Waals surface area (Å²) in [4.78, 5) is 26.2. The van der Waals surface area contributed by atoms with Crippen LogP contribution in [0.2, 0.25) is 0 Å². The van der Waals surface area contributed by atoms with Crippen molar-refractivity contribution in [3.05, 3.63) is 58.1 Å². The van der Waals surface area contributed by atoms with Crippen LogP contribution in [0.4, 0.5) is 17.1 Å². The van der Waals surface area contributed by atoms with Crippen LogP contribution in [0.25, 0.3) is 0 Å². The predicted molar refractivity (Wildman–Crippen MR) is 127 cm³/mol. The van der Waals surface area contributed by atoms with Gasteiger partial charge in [0.25, 0.3) is 11.6 Å². The molecule has 1 aliphatic rings. The van der Waals surface area contributed by atoms with Gasteiger partial charge in [0.05, 0.1) is 12.0 Å².